The maximum absolute atomic E-state index is 10.1. The number of aliphatic hydroxyl groups is 2. The number of hydrogen-bond donors (Lipinski definition) is 2. The van der Waals surface area contributed by atoms with Crippen LogP contribution in [0.25, 0.3) is 0 Å². The maximum Gasteiger partial charge on any atom is 0.0774 e. The lowest BCUT2D eigenvalue weighted by atomic mass is 10.0. The molecule has 0 radical (unpaired) electrons. The van der Waals surface area contributed by atoms with E-state index in [0.29, 0.717) is 0 Å². The van der Waals surface area contributed by atoms with Gasteiger partial charge in [0.2, 0.25) is 0 Å². The molecule has 2 N–H and O–H groups in total. The Hall–Kier alpha value is -0.120. The summed E-state index contributed by atoms with van der Waals surface area (Å²) in [5.74, 6) is 0. The highest BCUT2D eigenvalue weighted by Crippen LogP contribution is 2.30. The summed E-state index contributed by atoms with van der Waals surface area (Å²) in [5, 5.41) is 19.4. The first-order chi connectivity index (χ1) is 6.18. The molecule has 2 fully saturated rings. The van der Waals surface area contributed by atoms with Gasteiger partial charge in [-0.3, -0.25) is 4.90 Å². The van der Waals surface area contributed by atoms with Gasteiger partial charge in [-0.15, -0.1) is 0 Å². The Morgan fingerprint density at radius 2 is 2.00 bits per heavy atom. The molecule has 0 aromatic heterocycles. The third-order valence-electron chi connectivity index (χ3n) is 3.30. The van der Waals surface area contributed by atoms with Crippen LogP contribution in [0, 0.1) is 0 Å². The van der Waals surface area contributed by atoms with Gasteiger partial charge in [0, 0.05) is 19.6 Å². The topological polar surface area (TPSA) is 43.7 Å². The molecule has 76 valence electrons. The van der Waals surface area contributed by atoms with E-state index in [2.05, 4.69) is 4.90 Å². The lowest BCUT2D eigenvalue weighted by Gasteiger charge is -2.28. The van der Waals surface area contributed by atoms with Crippen LogP contribution in [0.3, 0.4) is 0 Å². The molecule has 0 spiro atoms. The summed E-state index contributed by atoms with van der Waals surface area (Å²) in [4.78, 5) is 2.19. The monoisotopic (exact) mass is 185 g/mol. The van der Waals surface area contributed by atoms with Crippen molar-refractivity contribution in [2.24, 2.45) is 0 Å². The van der Waals surface area contributed by atoms with E-state index in [1.165, 1.54) is 0 Å². The molecule has 1 saturated carbocycles. The molecule has 0 aromatic rings. The van der Waals surface area contributed by atoms with E-state index in [1.54, 1.807) is 0 Å². The molecule has 3 heteroatoms. The number of rotatable bonds is 2. The summed E-state index contributed by atoms with van der Waals surface area (Å²) in [5.41, 5.74) is -0.440. The van der Waals surface area contributed by atoms with Gasteiger partial charge in [0.25, 0.3) is 0 Å². The van der Waals surface area contributed by atoms with Crippen LogP contribution < -0.4 is 0 Å². The molecule has 1 aliphatic heterocycles. The van der Waals surface area contributed by atoms with Crippen molar-refractivity contribution in [1.29, 1.82) is 0 Å². The van der Waals surface area contributed by atoms with Crippen molar-refractivity contribution in [2.75, 3.05) is 19.6 Å². The molecule has 1 atom stereocenters. The Balaban J connectivity index is 1.83. The van der Waals surface area contributed by atoms with E-state index in [9.17, 15) is 10.2 Å². The Morgan fingerprint density at radius 3 is 2.54 bits per heavy atom. The van der Waals surface area contributed by atoms with Crippen LogP contribution in [0.2, 0.25) is 0 Å². The highest BCUT2D eigenvalue weighted by atomic mass is 16.3. The molecular weight excluding hydrogens is 166 g/mol. The van der Waals surface area contributed by atoms with Gasteiger partial charge < -0.3 is 10.2 Å². The van der Waals surface area contributed by atoms with Gasteiger partial charge in [0.15, 0.2) is 0 Å². The molecular formula is C10H19NO2. The van der Waals surface area contributed by atoms with E-state index >= 15 is 0 Å². The van der Waals surface area contributed by atoms with Gasteiger partial charge >= 0.3 is 0 Å². The van der Waals surface area contributed by atoms with E-state index in [0.717, 1.165) is 51.7 Å². The summed E-state index contributed by atoms with van der Waals surface area (Å²) in [7, 11) is 0. The minimum atomic E-state index is -0.440. The van der Waals surface area contributed by atoms with Crippen molar-refractivity contribution in [3.63, 3.8) is 0 Å². The van der Waals surface area contributed by atoms with Crippen LogP contribution in [0.1, 0.15) is 32.1 Å². The van der Waals surface area contributed by atoms with Gasteiger partial charge in [-0.2, -0.15) is 0 Å². The fourth-order valence-corrected chi connectivity index (χ4v) is 2.56. The number of nitrogens with zero attached hydrogens (tertiary/aromatic N) is 1. The number of β-amino-alcohol motifs (C(OH)–C–C–N with tert-alkyl or cyclic N) is 2. The molecule has 1 heterocycles. The second-order valence-corrected chi connectivity index (χ2v) is 4.61. The van der Waals surface area contributed by atoms with Crippen LogP contribution in [0.4, 0.5) is 0 Å². The van der Waals surface area contributed by atoms with E-state index in [-0.39, 0.29) is 6.10 Å². The van der Waals surface area contributed by atoms with Crippen molar-refractivity contribution in [1.82, 2.24) is 4.90 Å². The molecule has 0 bridgehead atoms. The molecule has 0 aromatic carbocycles. The molecule has 1 aliphatic carbocycles. The Morgan fingerprint density at radius 1 is 1.31 bits per heavy atom. The zero-order valence-corrected chi connectivity index (χ0v) is 8.08. The molecule has 0 amide bonds. The van der Waals surface area contributed by atoms with Crippen molar-refractivity contribution in [3.05, 3.63) is 0 Å². The SMILES string of the molecule is O[C@@H]1CCN(CC2(O)CCCC2)C1. The summed E-state index contributed by atoms with van der Waals surface area (Å²) >= 11 is 0. The third kappa shape index (κ3) is 2.22. The van der Waals surface area contributed by atoms with Gasteiger partial charge in [-0.1, -0.05) is 12.8 Å². The highest BCUT2D eigenvalue weighted by Gasteiger charge is 2.34. The van der Waals surface area contributed by atoms with Crippen LogP contribution in [-0.4, -0.2) is 46.5 Å². The van der Waals surface area contributed by atoms with E-state index < -0.39 is 5.60 Å². The van der Waals surface area contributed by atoms with Crippen molar-refractivity contribution >= 4 is 0 Å². The fourth-order valence-electron chi connectivity index (χ4n) is 2.56. The summed E-state index contributed by atoms with van der Waals surface area (Å²) < 4.78 is 0. The van der Waals surface area contributed by atoms with Crippen LogP contribution in [0.5, 0.6) is 0 Å². The van der Waals surface area contributed by atoms with E-state index in [4.69, 9.17) is 0 Å². The van der Waals surface area contributed by atoms with Gasteiger partial charge in [0.05, 0.1) is 11.7 Å². The zero-order valence-electron chi connectivity index (χ0n) is 8.08. The number of likely N-dealkylation sites (tertiary alicyclic amines) is 1. The lowest BCUT2D eigenvalue weighted by Crippen LogP contribution is -2.40. The van der Waals surface area contributed by atoms with Crippen LogP contribution in [-0.2, 0) is 0 Å². The van der Waals surface area contributed by atoms with Crippen LogP contribution in [0.15, 0.2) is 0 Å². The Labute approximate surface area is 79.4 Å². The minimum Gasteiger partial charge on any atom is -0.392 e. The molecule has 13 heavy (non-hydrogen) atoms. The smallest absolute Gasteiger partial charge is 0.0774 e. The lowest BCUT2D eigenvalue weighted by molar-refractivity contribution is 0.0128. The molecule has 2 aliphatic rings. The summed E-state index contributed by atoms with van der Waals surface area (Å²) in [6.45, 7) is 2.47. The number of aliphatic hydroxyl groups excluding tert-OH is 1. The maximum atomic E-state index is 10.1. The summed E-state index contributed by atoms with van der Waals surface area (Å²) in [6.07, 6.45) is 4.92. The average Bonchev–Trinajstić information content (AvgIpc) is 2.62. The average molecular weight is 185 g/mol. The Bertz CT molecular complexity index is 178. The normalized spacial score (nSPS) is 34.2. The van der Waals surface area contributed by atoms with Gasteiger partial charge in [-0.25, -0.2) is 0 Å². The van der Waals surface area contributed by atoms with Crippen LogP contribution >= 0.6 is 0 Å². The number of hydrogen-bond acceptors (Lipinski definition) is 3. The summed E-state index contributed by atoms with van der Waals surface area (Å²) in [6, 6.07) is 0. The predicted octanol–water partition coefficient (Wildman–Crippen LogP) is 0.358. The standard InChI is InChI=1S/C10H19NO2/c12-9-3-6-11(7-9)8-10(13)4-1-2-5-10/h9,12-13H,1-8H2/t9-/m1/s1. The first-order valence-electron chi connectivity index (χ1n) is 5.31. The Kier molecular flexibility index (Phi) is 2.58. The molecule has 1 saturated heterocycles. The first-order valence-corrected chi connectivity index (χ1v) is 5.31. The fraction of sp³-hybridized carbons (Fsp3) is 1.00. The minimum absolute atomic E-state index is 0.162. The van der Waals surface area contributed by atoms with Gasteiger partial charge in [0.1, 0.15) is 0 Å². The largest absolute Gasteiger partial charge is 0.392 e. The third-order valence-corrected chi connectivity index (χ3v) is 3.30. The predicted molar refractivity (Wildman–Crippen MR) is 50.5 cm³/mol. The first kappa shape index (κ1) is 9.44. The van der Waals surface area contributed by atoms with Gasteiger partial charge in [-0.05, 0) is 19.3 Å². The highest BCUT2D eigenvalue weighted by molar-refractivity contribution is 4.89. The quantitative estimate of drug-likeness (QED) is 0.653. The zero-order chi connectivity index (χ0) is 9.31. The molecule has 0 unspecified atom stereocenters. The van der Waals surface area contributed by atoms with Crippen molar-refractivity contribution in [2.45, 2.75) is 43.8 Å². The molecule has 3 nitrogen and oxygen atoms in total. The second kappa shape index (κ2) is 3.56. The molecule has 2 rings (SSSR count). The van der Waals surface area contributed by atoms with Crippen molar-refractivity contribution in [3.8, 4) is 0 Å². The van der Waals surface area contributed by atoms with E-state index in [1.807, 2.05) is 0 Å². The van der Waals surface area contributed by atoms with Crippen molar-refractivity contribution < 1.29 is 10.2 Å². The second-order valence-electron chi connectivity index (χ2n) is 4.61.